The van der Waals surface area contributed by atoms with Crippen LogP contribution in [0.2, 0.25) is 5.02 Å². The zero-order valence-electron chi connectivity index (χ0n) is 16.3. The molecule has 29 heavy (non-hydrogen) atoms. The van der Waals surface area contributed by atoms with E-state index in [9.17, 15) is 20.4 Å². The van der Waals surface area contributed by atoms with E-state index >= 15 is 0 Å². The molecule has 2 aromatic rings. The van der Waals surface area contributed by atoms with Gasteiger partial charge in [-0.25, -0.2) is 0 Å². The van der Waals surface area contributed by atoms with Crippen molar-refractivity contribution in [3.63, 3.8) is 0 Å². The number of aliphatic hydroxyl groups excluding tert-OH is 4. The van der Waals surface area contributed by atoms with Crippen molar-refractivity contribution in [3.05, 3.63) is 58.6 Å². The molecule has 8 heteroatoms. The summed E-state index contributed by atoms with van der Waals surface area (Å²) in [6.07, 6.45) is -3.33. The number of anilines is 1. The molecule has 1 saturated heterocycles. The van der Waals surface area contributed by atoms with E-state index in [0.29, 0.717) is 17.2 Å². The molecule has 5 atom stereocenters. The summed E-state index contributed by atoms with van der Waals surface area (Å²) in [6.45, 7) is -0.332. The van der Waals surface area contributed by atoms with Gasteiger partial charge < -0.3 is 30.1 Å². The summed E-state index contributed by atoms with van der Waals surface area (Å²) in [7, 11) is 3.96. The maximum Gasteiger partial charge on any atom is 0.173 e. The number of benzene rings is 2. The average Bonchev–Trinajstić information content (AvgIpc) is 2.70. The van der Waals surface area contributed by atoms with Crippen LogP contribution in [0.4, 0.5) is 5.69 Å². The van der Waals surface area contributed by atoms with Crippen LogP contribution >= 0.6 is 23.4 Å². The molecular weight excluding hydrogens is 414 g/mol. The lowest BCUT2D eigenvalue weighted by Gasteiger charge is -2.39. The Bertz CT molecular complexity index is 817. The van der Waals surface area contributed by atoms with Gasteiger partial charge in [0.15, 0.2) is 5.44 Å². The molecular formula is C21H26ClNO5S. The molecule has 0 radical (unpaired) electrons. The summed E-state index contributed by atoms with van der Waals surface area (Å²) < 4.78 is 6.00. The van der Waals surface area contributed by atoms with E-state index in [1.54, 1.807) is 12.1 Å². The fourth-order valence-electron chi connectivity index (χ4n) is 3.22. The summed E-state index contributed by atoms with van der Waals surface area (Å²) in [5.74, 6) is 0.530. The summed E-state index contributed by atoms with van der Waals surface area (Å²) in [6, 6.07) is 13.4. The smallest absolute Gasteiger partial charge is 0.173 e. The van der Waals surface area contributed by atoms with Gasteiger partial charge in [0.2, 0.25) is 0 Å². The Morgan fingerprint density at radius 2 is 1.69 bits per heavy atom. The number of halogens is 1. The third-order valence-corrected chi connectivity index (χ3v) is 6.62. The minimum Gasteiger partial charge on any atom is -0.477 e. The Hall–Kier alpha value is -1.48. The van der Waals surface area contributed by atoms with E-state index in [-0.39, 0.29) is 6.61 Å². The highest BCUT2D eigenvalue weighted by atomic mass is 35.5. The highest BCUT2D eigenvalue weighted by Gasteiger charge is 2.44. The first-order valence-corrected chi connectivity index (χ1v) is 10.6. The molecule has 6 nitrogen and oxygen atoms in total. The van der Waals surface area contributed by atoms with Crippen LogP contribution in [0.1, 0.15) is 11.1 Å². The first-order valence-electron chi connectivity index (χ1n) is 9.32. The van der Waals surface area contributed by atoms with Gasteiger partial charge in [-0.2, -0.15) is 0 Å². The van der Waals surface area contributed by atoms with Gasteiger partial charge in [-0.1, -0.05) is 23.7 Å². The van der Waals surface area contributed by atoms with Crippen molar-refractivity contribution in [3.8, 4) is 5.75 Å². The molecule has 0 spiro atoms. The fourth-order valence-corrected chi connectivity index (χ4v) is 4.65. The highest BCUT2D eigenvalue weighted by Crippen LogP contribution is 2.36. The maximum absolute atomic E-state index is 10.3. The van der Waals surface area contributed by atoms with Crippen molar-refractivity contribution >= 4 is 29.1 Å². The summed E-state index contributed by atoms with van der Waals surface area (Å²) in [5.41, 5.74) is 2.18. The number of hydrogen-bond acceptors (Lipinski definition) is 7. The van der Waals surface area contributed by atoms with Gasteiger partial charge >= 0.3 is 0 Å². The molecule has 0 unspecified atom stereocenters. The Morgan fingerprint density at radius 3 is 2.31 bits per heavy atom. The van der Waals surface area contributed by atoms with Crippen molar-refractivity contribution in [1.29, 1.82) is 0 Å². The van der Waals surface area contributed by atoms with Crippen LogP contribution < -0.4 is 9.64 Å². The summed E-state index contributed by atoms with van der Waals surface area (Å²) >= 11 is 7.29. The second kappa shape index (κ2) is 9.55. The molecule has 0 saturated carbocycles. The van der Waals surface area contributed by atoms with E-state index in [2.05, 4.69) is 0 Å². The average molecular weight is 440 g/mol. The third-order valence-electron chi connectivity index (χ3n) is 4.96. The molecule has 0 amide bonds. The number of thioether (sulfide) groups is 1. The van der Waals surface area contributed by atoms with Crippen LogP contribution in [0.25, 0.3) is 0 Å². The lowest BCUT2D eigenvalue weighted by atomic mass is 10.0. The predicted octanol–water partition coefficient (Wildman–Crippen LogP) is 1.89. The molecule has 0 aromatic heterocycles. The molecule has 0 aliphatic carbocycles. The lowest BCUT2D eigenvalue weighted by Crippen LogP contribution is -2.55. The SMILES string of the molecule is CN(C)c1ccc(Cc2cc(Cl)ccc2O[C@@H]2S[C@H](CO)[C@@H](O)[C@H](O)[C@H]2O)cc1. The molecule has 3 rings (SSSR count). The minimum absolute atomic E-state index is 0.332. The molecule has 2 aromatic carbocycles. The first-order chi connectivity index (χ1) is 13.8. The van der Waals surface area contributed by atoms with E-state index in [1.165, 1.54) is 0 Å². The van der Waals surface area contributed by atoms with Gasteiger partial charge in [-0.15, -0.1) is 11.8 Å². The normalized spacial score (nSPS) is 26.9. The predicted molar refractivity (Wildman–Crippen MR) is 116 cm³/mol. The van der Waals surface area contributed by atoms with Crippen molar-refractivity contribution in [2.45, 2.75) is 35.4 Å². The largest absolute Gasteiger partial charge is 0.477 e. The van der Waals surface area contributed by atoms with Crippen molar-refractivity contribution in [2.24, 2.45) is 0 Å². The van der Waals surface area contributed by atoms with E-state index in [1.807, 2.05) is 49.3 Å². The van der Waals surface area contributed by atoms with Crippen molar-refractivity contribution in [1.82, 2.24) is 0 Å². The molecule has 0 bridgehead atoms. The quantitative estimate of drug-likeness (QED) is 0.546. The molecule has 1 aliphatic rings. The summed E-state index contributed by atoms with van der Waals surface area (Å²) in [4.78, 5) is 2.02. The van der Waals surface area contributed by atoms with Crippen LogP contribution in [0, 0.1) is 0 Å². The van der Waals surface area contributed by atoms with Crippen LogP contribution in [-0.4, -0.2) is 70.1 Å². The second-order valence-corrected chi connectivity index (χ2v) is 9.08. The highest BCUT2D eigenvalue weighted by molar-refractivity contribution is 8.00. The molecule has 1 heterocycles. The van der Waals surface area contributed by atoms with Gasteiger partial charge in [-0.3, -0.25) is 0 Å². The Labute approximate surface area is 179 Å². The second-order valence-electron chi connectivity index (χ2n) is 7.30. The molecule has 4 N–H and O–H groups in total. The van der Waals surface area contributed by atoms with E-state index < -0.39 is 29.0 Å². The topological polar surface area (TPSA) is 93.4 Å². The van der Waals surface area contributed by atoms with Gasteiger partial charge in [0.1, 0.15) is 18.0 Å². The van der Waals surface area contributed by atoms with E-state index in [0.717, 1.165) is 28.6 Å². The van der Waals surface area contributed by atoms with Crippen LogP contribution in [-0.2, 0) is 6.42 Å². The zero-order valence-corrected chi connectivity index (χ0v) is 17.8. The van der Waals surface area contributed by atoms with Gasteiger partial charge in [0.05, 0.1) is 18.0 Å². The zero-order chi connectivity index (χ0) is 21.1. The van der Waals surface area contributed by atoms with E-state index in [4.69, 9.17) is 16.3 Å². The maximum atomic E-state index is 10.3. The third kappa shape index (κ3) is 5.17. The first kappa shape index (κ1) is 22.2. The van der Waals surface area contributed by atoms with Gasteiger partial charge in [0, 0.05) is 36.8 Å². The standard InChI is InChI=1S/C21H26ClNO5S/c1-23(2)15-6-3-12(4-7-15)9-13-10-14(22)5-8-16(13)28-21-20(27)19(26)18(25)17(11-24)29-21/h3-8,10,17-21,24-27H,9,11H2,1-2H3/t17-,18-,19+,20-,21-/m1/s1. The number of hydrogen-bond donors (Lipinski definition) is 4. The van der Waals surface area contributed by atoms with Crippen LogP contribution in [0.15, 0.2) is 42.5 Å². The number of rotatable bonds is 6. The summed E-state index contributed by atoms with van der Waals surface area (Å²) in [5, 5.41) is 39.8. The number of ether oxygens (including phenoxy) is 1. The molecule has 1 fully saturated rings. The minimum atomic E-state index is -1.40. The fraction of sp³-hybridized carbons (Fsp3) is 0.429. The number of nitrogens with zero attached hydrogens (tertiary/aromatic N) is 1. The number of aliphatic hydroxyl groups is 4. The van der Waals surface area contributed by atoms with Gasteiger partial charge in [-0.05, 0) is 35.9 Å². The van der Waals surface area contributed by atoms with Crippen LogP contribution in [0.3, 0.4) is 0 Å². The van der Waals surface area contributed by atoms with Crippen molar-refractivity contribution < 1.29 is 25.2 Å². The van der Waals surface area contributed by atoms with Crippen molar-refractivity contribution in [2.75, 3.05) is 25.6 Å². The van der Waals surface area contributed by atoms with Crippen LogP contribution in [0.5, 0.6) is 5.75 Å². The van der Waals surface area contributed by atoms with Gasteiger partial charge in [0.25, 0.3) is 0 Å². The molecule has 1 aliphatic heterocycles. The Kier molecular flexibility index (Phi) is 7.32. The monoisotopic (exact) mass is 439 g/mol. The Balaban J connectivity index is 1.81. The Morgan fingerprint density at radius 1 is 1.00 bits per heavy atom. The molecule has 158 valence electrons. The lowest BCUT2D eigenvalue weighted by molar-refractivity contribution is -0.0910.